The van der Waals surface area contributed by atoms with Crippen LogP contribution in [-0.2, 0) is 16.6 Å². The first-order valence-corrected chi connectivity index (χ1v) is 12.3. The SMILES string of the molecule is CCNC(=NCCNS(=O)(=O)c1cccnc1)NC1CCCN(Cc2ccccc2)C1. The topological polar surface area (TPSA) is 98.7 Å². The van der Waals surface area contributed by atoms with Crippen molar-refractivity contribution in [3.8, 4) is 0 Å². The van der Waals surface area contributed by atoms with Crippen LogP contribution < -0.4 is 15.4 Å². The Morgan fingerprint density at radius 2 is 2.06 bits per heavy atom. The summed E-state index contributed by atoms with van der Waals surface area (Å²) in [5, 5.41) is 6.77. The summed E-state index contributed by atoms with van der Waals surface area (Å²) in [7, 11) is -3.56. The lowest BCUT2D eigenvalue weighted by Crippen LogP contribution is -2.51. The molecule has 3 N–H and O–H groups in total. The molecule has 1 aliphatic rings. The van der Waals surface area contributed by atoms with Gasteiger partial charge < -0.3 is 10.6 Å². The molecule has 1 saturated heterocycles. The van der Waals surface area contributed by atoms with Crippen LogP contribution in [0.25, 0.3) is 0 Å². The highest BCUT2D eigenvalue weighted by atomic mass is 32.2. The summed E-state index contributed by atoms with van der Waals surface area (Å²) in [6, 6.07) is 14.0. The fourth-order valence-corrected chi connectivity index (χ4v) is 4.59. The number of rotatable bonds is 9. The van der Waals surface area contributed by atoms with Crippen molar-refractivity contribution in [3.63, 3.8) is 0 Å². The highest BCUT2D eigenvalue weighted by Gasteiger charge is 2.21. The molecule has 2 heterocycles. The summed E-state index contributed by atoms with van der Waals surface area (Å²) in [5.74, 6) is 0.717. The third-order valence-corrected chi connectivity index (χ3v) is 6.50. The zero-order valence-corrected chi connectivity index (χ0v) is 18.8. The Morgan fingerprint density at radius 1 is 1.23 bits per heavy atom. The Morgan fingerprint density at radius 3 is 2.81 bits per heavy atom. The van der Waals surface area contributed by atoms with E-state index in [2.05, 4.69) is 54.5 Å². The van der Waals surface area contributed by atoms with E-state index in [1.807, 2.05) is 13.0 Å². The predicted octanol–water partition coefficient (Wildman–Crippen LogP) is 1.58. The van der Waals surface area contributed by atoms with Crippen LogP contribution in [0.3, 0.4) is 0 Å². The molecular weight excluding hydrogens is 412 g/mol. The van der Waals surface area contributed by atoms with E-state index in [-0.39, 0.29) is 11.4 Å². The summed E-state index contributed by atoms with van der Waals surface area (Å²) >= 11 is 0. The van der Waals surface area contributed by atoms with Gasteiger partial charge in [0.15, 0.2) is 5.96 Å². The number of hydrogen-bond donors (Lipinski definition) is 3. The average molecular weight is 445 g/mol. The van der Waals surface area contributed by atoms with E-state index < -0.39 is 10.0 Å². The maximum absolute atomic E-state index is 12.3. The number of nitrogens with one attached hydrogen (secondary N) is 3. The van der Waals surface area contributed by atoms with Crippen molar-refractivity contribution in [1.29, 1.82) is 0 Å². The number of guanidine groups is 1. The number of sulfonamides is 1. The smallest absolute Gasteiger partial charge is 0.242 e. The lowest BCUT2D eigenvalue weighted by Gasteiger charge is -2.34. The van der Waals surface area contributed by atoms with E-state index in [1.54, 1.807) is 12.3 Å². The minimum absolute atomic E-state index is 0.157. The molecule has 0 amide bonds. The van der Waals surface area contributed by atoms with E-state index in [4.69, 9.17) is 0 Å². The first kappa shape index (κ1) is 23.2. The lowest BCUT2D eigenvalue weighted by atomic mass is 10.0. The molecular formula is C22H32N6O2S. The van der Waals surface area contributed by atoms with Crippen molar-refractivity contribution < 1.29 is 8.42 Å². The van der Waals surface area contributed by atoms with Gasteiger partial charge >= 0.3 is 0 Å². The van der Waals surface area contributed by atoms with E-state index in [0.29, 0.717) is 12.6 Å². The predicted molar refractivity (Wildman–Crippen MR) is 123 cm³/mol. The lowest BCUT2D eigenvalue weighted by molar-refractivity contribution is 0.192. The molecule has 1 fully saturated rings. The van der Waals surface area contributed by atoms with Crippen molar-refractivity contribution in [1.82, 2.24) is 25.2 Å². The van der Waals surface area contributed by atoms with Gasteiger partial charge in [0, 0.05) is 44.6 Å². The largest absolute Gasteiger partial charge is 0.357 e. The Hall–Kier alpha value is -2.49. The summed E-state index contributed by atoms with van der Waals surface area (Å²) in [6.45, 7) is 6.32. The summed E-state index contributed by atoms with van der Waals surface area (Å²) in [6.07, 6.45) is 5.10. The molecule has 168 valence electrons. The van der Waals surface area contributed by atoms with Gasteiger partial charge in [-0.25, -0.2) is 13.1 Å². The average Bonchev–Trinajstić information content (AvgIpc) is 2.78. The zero-order valence-electron chi connectivity index (χ0n) is 18.0. The van der Waals surface area contributed by atoms with Gasteiger partial charge in [0.25, 0.3) is 0 Å². The summed E-state index contributed by atoms with van der Waals surface area (Å²) in [5.41, 5.74) is 1.32. The molecule has 8 nitrogen and oxygen atoms in total. The second-order valence-electron chi connectivity index (χ2n) is 7.55. The van der Waals surface area contributed by atoms with Gasteiger partial charge in [0.05, 0.1) is 6.54 Å². The van der Waals surface area contributed by atoms with Crippen molar-refractivity contribution in [2.45, 2.75) is 37.2 Å². The Bertz CT molecular complexity index is 922. The number of nitrogens with zero attached hydrogens (tertiary/aromatic N) is 3. The van der Waals surface area contributed by atoms with Gasteiger partial charge in [-0.05, 0) is 44.0 Å². The normalized spacial score (nSPS) is 18.0. The van der Waals surface area contributed by atoms with Crippen LogP contribution in [0.15, 0.2) is 64.7 Å². The van der Waals surface area contributed by atoms with E-state index >= 15 is 0 Å². The monoisotopic (exact) mass is 444 g/mol. The first-order valence-electron chi connectivity index (χ1n) is 10.8. The van der Waals surface area contributed by atoms with Crippen LogP contribution in [-0.4, -0.2) is 63.0 Å². The number of aliphatic imine (C=N–C) groups is 1. The number of benzene rings is 1. The minimum atomic E-state index is -3.56. The zero-order chi connectivity index (χ0) is 21.9. The molecule has 0 radical (unpaired) electrons. The summed E-state index contributed by atoms with van der Waals surface area (Å²) in [4.78, 5) is 11.0. The minimum Gasteiger partial charge on any atom is -0.357 e. The standard InChI is InChI=1S/C22H32N6O2S/c1-2-24-22(25-13-14-26-31(29,30)21-11-6-12-23-16-21)27-20-10-7-15-28(18-20)17-19-8-4-3-5-9-19/h3-6,8-9,11-12,16,20,26H,2,7,10,13-15,17-18H2,1H3,(H2,24,25,27). The van der Waals surface area contributed by atoms with Gasteiger partial charge in [-0.1, -0.05) is 30.3 Å². The number of piperidine rings is 1. The number of likely N-dealkylation sites (tertiary alicyclic amines) is 1. The molecule has 0 aliphatic carbocycles. The third-order valence-electron chi connectivity index (χ3n) is 5.06. The van der Waals surface area contributed by atoms with Gasteiger partial charge in [-0.3, -0.25) is 14.9 Å². The number of aromatic nitrogens is 1. The highest BCUT2D eigenvalue weighted by molar-refractivity contribution is 7.89. The molecule has 1 unspecified atom stereocenters. The fourth-order valence-electron chi connectivity index (χ4n) is 3.61. The molecule has 3 rings (SSSR count). The molecule has 2 aromatic rings. The van der Waals surface area contributed by atoms with E-state index in [0.717, 1.165) is 45.0 Å². The van der Waals surface area contributed by atoms with Crippen molar-refractivity contribution in [2.24, 2.45) is 4.99 Å². The van der Waals surface area contributed by atoms with Gasteiger partial charge in [-0.2, -0.15) is 0 Å². The van der Waals surface area contributed by atoms with Crippen LogP contribution >= 0.6 is 0 Å². The summed E-state index contributed by atoms with van der Waals surface area (Å²) < 4.78 is 27.1. The molecule has 0 spiro atoms. The molecule has 1 atom stereocenters. The molecule has 1 aromatic heterocycles. The quantitative estimate of drug-likeness (QED) is 0.309. The Balaban J connectivity index is 1.49. The van der Waals surface area contributed by atoms with Crippen LogP contribution in [0, 0.1) is 0 Å². The number of pyridine rings is 1. The molecule has 9 heteroatoms. The second-order valence-corrected chi connectivity index (χ2v) is 9.32. The first-order chi connectivity index (χ1) is 15.1. The maximum Gasteiger partial charge on any atom is 0.242 e. The van der Waals surface area contributed by atoms with Crippen LogP contribution in [0.2, 0.25) is 0 Å². The van der Waals surface area contributed by atoms with Gasteiger partial charge in [0.2, 0.25) is 10.0 Å². The number of hydrogen-bond acceptors (Lipinski definition) is 5. The maximum atomic E-state index is 12.3. The third kappa shape index (κ3) is 7.61. The van der Waals surface area contributed by atoms with Crippen LogP contribution in [0.5, 0.6) is 0 Å². The highest BCUT2D eigenvalue weighted by Crippen LogP contribution is 2.13. The molecule has 1 aliphatic heterocycles. The molecule has 1 aromatic carbocycles. The van der Waals surface area contributed by atoms with Crippen molar-refractivity contribution in [2.75, 3.05) is 32.7 Å². The van der Waals surface area contributed by atoms with Crippen molar-refractivity contribution in [3.05, 3.63) is 60.4 Å². The fraction of sp³-hybridized carbons (Fsp3) is 0.455. The Kier molecular flexibility index (Phi) is 8.81. The second kappa shape index (κ2) is 11.8. The molecule has 31 heavy (non-hydrogen) atoms. The van der Waals surface area contributed by atoms with Gasteiger partial charge in [0.1, 0.15) is 4.90 Å². The Labute approximate surface area is 185 Å². The van der Waals surface area contributed by atoms with Crippen LogP contribution in [0.1, 0.15) is 25.3 Å². The van der Waals surface area contributed by atoms with Crippen LogP contribution in [0.4, 0.5) is 0 Å². The van der Waals surface area contributed by atoms with Crippen molar-refractivity contribution >= 4 is 16.0 Å². The molecule has 0 bridgehead atoms. The van der Waals surface area contributed by atoms with E-state index in [1.165, 1.54) is 17.8 Å². The van der Waals surface area contributed by atoms with E-state index in [9.17, 15) is 8.42 Å². The molecule has 0 saturated carbocycles. The van der Waals surface area contributed by atoms with Gasteiger partial charge in [-0.15, -0.1) is 0 Å².